The van der Waals surface area contributed by atoms with Gasteiger partial charge in [-0.15, -0.1) is 11.8 Å². The van der Waals surface area contributed by atoms with E-state index in [0.717, 1.165) is 118 Å². The molecule has 0 aromatic heterocycles. The molecule has 5 heterocycles. The van der Waals surface area contributed by atoms with Crippen molar-refractivity contribution < 1.29 is 24.2 Å². The van der Waals surface area contributed by atoms with Crippen LogP contribution in [0.15, 0.2) is 17.0 Å². The smallest absolute Gasteiger partial charge is 0.373 e. The summed E-state index contributed by atoms with van der Waals surface area (Å²) >= 11 is 22.0. The first-order valence-corrected chi connectivity index (χ1v) is 18.5. The zero-order valence-electron chi connectivity index (χ0n) is 26.0. The van der Waals surface area contributed by atoms with E-state index < -0.39 is 5.97 Å². The fraction of sp³-hybridized carbons (Fsp3) is 0.417. The molecule has 244 valence electrons. The zero-order valence-corrected chi connectivity index (χ0v) is 29.1. The molecule has 3 aromatic rings. The highest BCUT2D eigenvalue weighted by Crippen LogP contribution is 2.52. The number of hydrogen-bond acceptors (Lipinski definition) is 7. The molecule has 8 rings (SSSR count). The van der Waals surface area contributed by atoms with Crippen molar-refractivity contribution in [2.75, 3.05) is 37.3 Å². The third-order valence-corrected chi connectivity index (χ3v) is 12.4. The van der Waals surface area contributed by atoms with E-state index in [4.69, 9.17) is 49.1 Å². The highest BCUT2D eigenvalue weighted by Gasteiger charge is 2.37. The summed E-state index contributed by atoms with van der Waals surface area (Å²) in [5.74, 6) is 0.266. The van der Waals surface area contributed by atoms with Gasteiger partial charge in [0.25, 0.3) is 0 Å². The Labute approximate surface area is 292 Å². The number of ether oxygens (including phenoxy) is 1. The van der Waals surface area contributed by atoms with E-state index in [1.54, 1.807) is 0 Å². The van der Waals surface area contributed by atoms with Gasteiger partial charge in [-0.25, -0.2) is 4.58 Å². The minimum atomic E-state index is -1.40. The average molecular weight is 712 g/mol. The molecule has 0 saturated heterocycles. The summed E-state index contributed by atoms with van der Waals surface area (Å²) in [7, 11) is 0. The van der Waals surface area contributed by atoms with E-state index >= 15 is 0 Å². The van der Waals surface area contributed by atoms with Crippen molar-refractivity contribution >= 4 is 69.9 Å². The van der Waals surface area contributed by atoms with Crippen molar-refractivity contribution in [1.29, 1.82) is 0 Å². The number of rotatable bonds is 3. The first-order chi connectivity index (χ1) is 22.8. The van der Waals surface area contributed by atoms with Crippen molar-refractivity contribution in [2.24, 2.45) is 0 Å². The van der Waals surface area contributed by atoms with Crippen LogP contribution in [0.1, 0.15) is 82.3 Å². The molecule has 5 aliphatic heterocycles. The van der Waals surface area contributed by atoms with Gasteiger partial charge in [0.1, 0.15) is 24.6 Å². The summed E-state index contributed by atoms with van der Waals surface area (Å²) in [6.45, 7) is 4.18. The molecule has 3 aromatic carbocycles. The van der Waals surface area contributed by atoms with Crippen LogP contribution in [0.25, 0.3) is 5.57 Å². The Bertz CT molecular complexity index is 2020. The normalized spacial score (nSPS) is 17.4. The quantitative estimate of drug-likeness (QED) is 0.161. The number of halogens is 3. The number of carboxylic acid groups (broad SMARTS) is 1. The van der Waals surface area contributed by atoms with Crippen LogP contribution in [0.5, 0.6) is 11.5 Å². The monoisotopic (exact) mass is 710 g/mol. The summed E-state index contributed by atoms with van der Waals surface area (Å²) in [5, 5.41) is 15.5. The minimum Gasteiger partial charge on any atom is -0.545 e. The van der Waals surface area contributed by atoms with Crippen LogP contribution >= 0.6 is 46.6 Å². The van der Waals surface area contributed by atoms with Crippen LogP contribution in [-0.4, -0.2) is 44.6 Å². The first-order valence-electron chi connectivity index (χ1n) is 16.2. The summed E-state index contributed by atoms with van der Waals surface area (Å²) in [4.78, 5) is 32.3. The second-order valence-corrected chi connectivity index (χ2v) is 14.6. The Morgan fingerprint density at radius 3 is 2.34 bits per heavy atom. The van der Waals surface area contributed by atoms with Gasteiger partial charge in [-0.2, -0.15) is 9.59 Å². The molecule has 0 atom stereocenters. The lowest BCUT2D eigenvalue weighted by Gasteiger charge is -2.36. The van der Waals surface area contributed by atoms with Crippen LogP contribution in [0.4, 0.5) is 5.69 Å². The topological polar surface area (TPSA) is 89.8 Å². The van der Waals surface area contributed by atoms with Crippen molar-refractivity contribution in [3.05, 3.63) is 76.7 Å². The maximum Gasteiger partial charge on any atom is 0.373 e. The van der Waals surface area contributed by atoms with E-state index in [1.165, 1.54) is 45.1 Å². The molecule has 0 aliphatic carbocycles. The number of carbonyl (C=O) groups is 1. The van der Waals surface area contributed by atoms with E-state index in [0.29, 0.717) is 10.5 Å². The molecule has 7 nitrogen and oxygen atoms in total. The minimum absolute atomic E-state index is 0.0398. The first kappa shape index (κ1) is 32.5. The lowest BCUT2D eigenvalue weighted by molar-refractivity contribution is -0.255. The van der Waals surface area contributed by atoms with Gasteiger partial charge in [-0.05, 0) is 75.3 Å². The average Bonchev–Trinajstić information content (AvgIpc) is 3.40. The Morgan fingerprint density at radius 2 is 1.57 bits per heavy atom. The largest absolute Gasteiger partial charge is 0.545 e. The van der Waals surface area contributed by atoms with Crippen molar-refractivity contribution in [3.8, 4) is 11.5 Å². The number of thioether (sulfide) groups is 1. The van der Waals surface area contributed by atoms with Gasteiger partial charge in [-0.1, -0.05) is 34.8 Å². The highest BCUT2D eigenvalue weighted by molar-refractivity contribution is 7.98. The number of anilines is 1. The molecular weight excluding hydrogens is 679 g/mol. The number of carboxylic acids is 1. The molecule has 0 fully saturated rings. The fourth-order valence-corrected chi connectivity index (χ4v) is 10.2. The molecule has 0 spiro atoms. The fourth-order valence-electron chi connectivity index (χ4n) is 8.34. The zero-order chi connectivity index (χ0) is 33.0. The molecule has 0 saturated carbocycles. The molecular formula is C36H33Cl3N2O5S. The van der Waals surface area contributed by atoms with Gasteiger partial charge in [0.2, 0.25) is 5.36 Å². The lowest BCUT2D eigenvalue weighted by Crippen LogP contribution is -2.41. The van der Waals surface area contributed by atoms with E-state index in [1.807, 2.05) is 6.26 Å². The third kappa shape index (κ3) is 5.28. The number of aryl methyl sites for hydroxylation is 2. The van der Waals surface area contributed by atoms with Gasteiger partial charge < -0.3 is 19.5 Å². The number of fused-ring (bicyclic) bond motifs is 4. The van der Waals surface area contributed by atoms with Crippen LogP contribution in [-0.2, 0) is 35.3 Å². The van der Waals surface area contributed by atoms with Crippen LogP contribution in [0.3, 0.4) is 0 Å². The molecule has 0 N–H and O–H groups in total. The Balaban J connectivity index is 0.00000113. The summed E-state index contributed by atoms with van der Waals surface area (Å²) < 4.78 is 9.69. The van der Waals surface area contributed by atoms with Gasteiger partial charge in [0, 0.05) is 75.1 Å². The Morgan fingerprint density at radius 1 is 0.872 bits per heavy atom. The second-order valence-electron chi connectivity index (χ2n) is 12.6. The highest BCUT2D eigenvalue weighted by atomic mass is 35.5. The van der Waals surface area contributed by atoms with Crippen molar-refractivity contribution in [3.63, 3.8) is 0 Å². The van der Waals surface area contributed by atoms with Crippen molar-refractivity contribution in [1.82, 2.24) is 4.58 Å². The molecule has 0 amide bonds. The maximum absolute atomic E-state index is 12.9. The van der Waals surface area contributed by atoms with Crippen molar-refractivity contribution in [2.45, 2.75) is 69.1 Å². The number of aromatic carboxylic acids is 1. The van der Waals surface area contributed by atoms with Crippen LogP contribution < -0.4 is 29.9 Å². The van der Waals surface area contributed by atoms with Gasteiger partial charge in [0.15, 0.2) is 0 Å². The molecule has 0 bridgehead atoms. The molecule has 47 heavy (non-hydrogen) atoms. The Kier molecular flexibility index (Phi) is 9.09. The number of nitrogens with zero attached hydrogens (tertiary/aromatic N) is 2. The summed E-state index contributed by atoms with van der Waals surface area (Å²) in [5.41, 5.74) is 8.20. The maximum atomic E-state index is 12.9. The molecule has 0 radical (unpaired) electrons. The summed E-state index contributed by atoms with van der Waals surface area (Å²) in [6, 6.07) is 4.49. The predicted octanol–water partition coefficient (Wildman–Crippen LogP) is 5.36. The van der Waals surface area contributed by atoms with Gasteiger partial charge >= 0.3 is 6.15 Å². The third-order valence-electron chi connectivity index (χ3n) is 10.1. The van der Waals surface area contributed by atoms with Gasteiger partial charge in [-0.3, -0.25) is 0 Å². The van der Waals surface area contributed by atoms with E-state index in [2.05, 4.69) is 21.6 Å². The SMILES string of the molecule is CSc1c(Cl)c(Cl)c(C(=O)[O-])c(C2=c3cc4c5c(c3Oc3c2cc2c6c3CCCN6CCCC2)CCC[N+]=5CCCC4)c1Cl.O=C=O. The standard InChI is InChI=1S/C35H33Cl3N2O3S.CO2/c1-44-34-28(37)25(26(35(41)42)27(36)29(34)38)24-22-16-18-8-2-4-12-39-14-6-10-20(30(18)39)32(22)43-33-21-11-7-15-40-13-5-3-9-19(31(21)40)17-23(24)33;2-1-3/h16-17H,2-15H2,1H3;. The summed E-state index contributed by atoms with van der Waals surface area (Å²) in [6.07, 6.45) is 12.5. The van der Waals surface area contributed by atoms with E-state index in [9.17, 15) is 9.90 Å². The van der Waals surface area contributed by atoms with E-state index in [-0.39, 0.29) is 26.8 Å². The predicted molar refractivity (Wildman–Crippen MR) is 182 cm³/mol. The molecule has 5 aliphatic rings. The second kappa shape index (κ2) is 13.1. The Hall–Kier alpha value is -3.00. The number of benzene rings is 3. The van der Waals surface area contributed by atoms with Gasteiger partial charge in [0.05, 0.1) is 26.6 Å². The van der Waals surface area contributed by atoms with Crippen LogP contribution in [0, 0.1) is 0 Å². The van der Waals surface area contributed by atoms with Crippen LogP contribution in [0.2, 0.25) is 15.1 Å². The number of hydrogen-bond donors (Lipinski definition) is 0. The molecule has 11 heteroatoms. The number of carbonyl (C=O) groups excluding carboxylic acids is 3. The molecule has 0 unspecified atom stereocenters. The lowest BCUT2D eigenvalue weighted by atomic mass is 9.83.